The molecule has 0 saturated heterocycles. The van der Waals surface area contributed by atoms with E-state index in [-0.39, 0.29) is 12.1 Å². The van der Waals surface area contributed by atoms with E-state index in [0.29, 0.717) is 0 Å². The average molecular weight is 358 g/mol. The molecule has 2 aromatic rings. The van der Waals surface area contributed by atoms with E-state index in [1.807, 2.05) is 6.07 Å². The van der Waals surface area contributed by atoms with Gasteiger partial charge >= 0.3 is 6.03 Å². The molecular formula is C20H27N3OS. The predicted octanol–water partition coefficient (Wildman–Crippen LogP) is 4.80. The van der Waals surface area contributed by atoms with Crippen molar-refractivity contribution < 1.29 is 4.79 Å². The molecular weight excluding hydrogens is 330 g/mol. The predicted molar refractivity (Wildman–Crippen MR) is 104 cm³/mol. The quantitative estimate of drug-likeness (QED) is 0.780. The fraction of sp³-hybridized carbons (Fsp3) is 0.500. The average Bonchev–Trinajstić information content (AvgIpc) is 2.96. The number of urea groups is 1. The summed E-state index contributed by atoms with van der Waals surface area (Å²) in [5.74, 6) is 0.722. The molecule has 4 nitrogen and oxygen atoms in total. The maximum atomic E-state index is 12.2. The first-order chi connectivity index (χ1) is 12.1. The van der Waals surface area contributed by atoms with Crippen LogP contribution in [0.15, 0.2) is 30.3 Å². The summed E-state index contributed by atoms with van der Waals surface area (Å²) in [5.41, 5.74) is 2.52. The second-order valence-corrected chi connectivity index (χ2v) is 8.20. The number of carbonyl (C=O) groups excluding carboxylic acids is 1. The molecule has 0 fully saturated rings. The SMILES string of the molecule is C[C@@H]1CCc2nc(NC(=O)N[C@@H](C)CCCc3ccccc3)sc2C1. The lowest BCUT2D eigenvalue weighted by Crippen LogP contribution is -2.36. The Bertz CT molecular complexity index is 698. The van der Waals surface area contributed by atoms with E-state index >= 15 is 0 Å². The van der Waals surface area contributed by atoms with Crippen molar-refractivity contribution in [1.29, 1.82) is 0 Å². The zero-order chi connectivity index (χ0) is 17.6. The minimum absolute atomic E-state index is 0.147. The van der Waals surface area contributed by atoms with Crippen molar-refractivity contribution in [3.05, 3.63) is 46.5 Å². The van der Waals surface area contributed by atoms with Gasteiger partial charge in [-0.3, -0.25) is 5.32 Å². The van der Waals surface area contributed by atoms with Gasteiger partial charge in [0.25, 0.3) is 0 Å². The van der Waals surface area contributed by atoms with Crippen LogP contribution in [-0.2, 0) is 19.3 Å². The normalized spacial score (nSPS) is 17.6. The van der Waals surface area contributed by atoms with Crippen molar-refractivity contribution >= 4 is 22.5 Å². The Kier molecular flexibility index (Phi) is 6.08. The minimum atomic E-state index is -0.147. The number of aromatic nitrogens is 1. The van der Waals surface area contributed by atoms with Crippen LogP contribution in [-0.4, -0.2) is 17.1 Å². The van der Waals surface area contributed by atoms with Crippen LogP contribution in [0.25, 0.3) is 0 Å². The number of amides is 2. The molecule has 0 bridgehead atoms. The van der Waals surface area contributed by atoms with Crippen molar-refractivity contribution in [2.75, 3.05) is 5.32 Å². The Balaban J connectivity index is 1.41. The standard InChI is InChI=1S/C20H27N3OS/c1-14-11-12-17-18(13-14)25-20(22-17)23-19(24)21-15(2)7-6-10-16-8-4-3-5-9-16/h3-5,8-9,14-15H,6-7,10-13H2,1-2H3,(H2,21,22,23,24)/t14-,15+/m1/s1. The number of carbonyl (C=O) groups is 1. The summed E-state index contributed by atoms with van der Waals surface area (Å²) in [4.78, 5) is 18.1. The van der Waals surface area contributed by atoms with Gasteiger partial charge in [0.15, 0.2) is 5.13 Å². The van der Waals surface area contributed by atoms with Crippen LogP contribution in [0.3, 0.4) is 0 Å². The molecule has 5 heteroatoms. The summed E-state index contributed by atoms with van der Waals surface area (Å²) >= 11 is 1.63. The number of benzene rings is 1. The molecule has 2 N–H and O–H groups in total. The highest BCUT2D eigenvalue weighted by atomic mass is 32.1. The fourth-order valence-electron chi connectivity index (χ4n) is 3.28. The lowest BCUT2D eigenvalue weighted by molar-refractivity contribution is 0.248. The van der Waals surface area contributed by atoms with E-state index in [1.165, 1.54) is 22.6 Å². The monoisotopic (exact) mass is 357 g/mol. The number of aryl methyl sites for hydroxylation is 2. The van der Waals surface area contributed by atoms with Crippen molar-refractivity contribution in [2.24, 2.45) is 5.92 Å². The fourth-order valence-corrected chi connectivity index (χ4v) is 4.45. The smallest absolute Gasteiger partial charge is 0.321 e. The van der Waals surface area contributed by atoms with Crippen LogP contribution >= 0.6 is 11.3 Å². The highest BCUT2D eigenvalue weighted by Gasteiger charge is 2.20. The van der Waals surface area contributed by atoms with Gasteiger partial charge < -0.3 is 5.32 Å². The summed E-state index contributed by atoms with van der Waals surface area (Å²) < 4.78 is 0. The molecule has 134 valence electrons. The first-order valence-electron chi connectivity index (χ1n) is 9.20. The van der Waals surface area contributed by atoms with Crippen LogP contribution in [0, 0.1) is 5.92 Å². The Labute approximate surface area is 154 Å². The van der Waals surface area contributed by atoms with Gasteiger partial charge in [-0.2, -0.15) is 0 Å². The van der Waals surface area contributed by atoms with Crippen LogP contribution < -0.4 is 10.6 Å². The number of nitrogens with one attached hydrogen (secondary N) is 2. The van der Waals surface area contributed by atoms with Crippen LogP contribution in [0.4, 0.5) is 9.93 Å². The van der Waals surface area contributed by atoms with Crippen LogP contribution in [0.5, 0.6) is 0 Å². The van der Waals surface area contributed by atoms with Gasteiger partial charge in [0.1, 0.15) is 0 Å². The van der Waals surface area contributed by atoms with E-state index in [9.17, 15) is 4.79 Å². The van der Waals surface area contributed by atoms with E-state index in [2.05, 4.69) is 53.7 Å². The van der Waals surface area contributed by atoms with E-state index in [0.717, 1.165) is 43.2 Å². The molecule has 0 unspecified atom stereocenters. The molecule has 0 aliphatic heterocycles. The van der Waals surface area contributed by atoms with E-state index < -0.39 is 0 Å². The van der Waals surface area contributed by atoms with E-state index in [4.69, 9.17) is 0 Å². The third kappa shape index (κ3) is 5.30. The largest absolute Gasteiger partial charge is 0.335 e. The number of hydrogen-bond donors (Lipinski definition) is 2. The molecule has 25 heavy (non-hydrogen) atoms. The Morgan fingerprint density at radius 3 is 2.96 bits per heavy atom. The lowest BCUT2D eigenvalue weighted by Gasteiger charge is -2.15. The zero-order valence-corrected chi connectivity index (χ0v) is 15.9. The first-order valence-corrected chi connectivity index (χ1v) is 10.0. The number of fused-ring (bicyclic) bond motifs is 1. The Morgan fingerprint density at radius 2 is 2.16 bits per heavy atom. The zero-order valence-electron chi connectivity index (χ0n) is 15.0. The van der Waals surface area contributed by atoms with Crippen molar-refractivity contribution in [3.8, 4) is 0 Å². The molecule has 1 aromatic carbocycles. The molecule has 2 atom stereocenters. The first kappa shape index (κ1) is 17.9. The number of nitrogens with zero attached hydrogens (tertiary/aromatic N) is 1. The summed E-state index contributed by atoms with van der Waals surface area (Å²) in [6.45, 7) is 4.33. The van der Waals surface area contributed by atoms with Crippen molar-refractivity contribution in [3.63, 3.8) is 0 Å². The number of anilines is 1. The Hall–Kier alpha value is -1.88. The second kappa shape index (κ2) is 8.48. The van der Waals surface area contributed by atoms with Gasteiger partial charge in [0.05, 0.1) is 5.69 Å². The van der Waals surface area contributed by atoms with Crippen LogP contribution in [0.2, 0.25) is 0 Å². The summed E-state index contributed by atoms with van der Waals surface area (Å²) in [6.07, 6.45) is 6.40. The minimum Gasteiger partial charge on any atom is -0.335 e. The lowest BCUT2D eigenvalue weighted by atomic mass is 9.93. The third-order valence-corrected chi connectivity index (χ3v) is 5.76. The maximum absolute atomic E-state index is 12.2. The third-order valence-electron chi connectivity index (χ3n) is 4.73. The molecule has 2 amide bonds. The molecule has 0 radical (unpaired) electrons. The van der Waals surface area contributed by atoms with Gasteiger partial charge in [-0.05, 0) is 56.9 Å². The highest BCUT2D eigenvalue weighted by Crippen LogP contribution is 2.32. The van der Waals surface area contributed by atoms with Gasteiger partial charge in [0.2, 0.25) is 0 Å². The topological polar surface area (TPSA) is 54.0 Å². The van der Waals surface area contributed by atoms with E-state index in [1.54, 1.807) is 11.3 Å². The molecule has 1 aliphatic carbocycles. The van der Waals surface area contributed by atoms with Gasteiger partial charge in [-0.25, -0.2) is 9.78 Å². The summed E-state index contributed by atoms with van der Waals surface area (Å²) in [6, 6.07) is 10.5. The molecule has 0 spiro atoms. The number of thiazole rings is 1. The van der Waals surface area contributed by atoms with Gasteiger partial charge in [-0.1, -0.05) is 37.3 Å². The molecule has 3 rings (SSSR count). The molecule has 0 saturated carbocycles. The number of hydrogen-bond acceptors (Lipinski definition) is 3. The number of rotatable bonds is 6. The van der Waals surface area contributed by atoms with Crippen molar-refractivity contribution in [2.45, 2.75) is 58.4 Å². The van der Waals surface area contributed by atoms with Crippen molar-refractivity contribution in [1.82, 2.24) is 10.3 Å². The molecule has 1 heterocycles. The maximum Gasteiger partial charge on any atom is 0.321 e. The summed E-state index contributed by atoms with van der Waals surface area (Å²) in [7, 11) is 0. The summed E-state index contributed by atoms with van der Waals surface area (Å²) in [5, 5.41) is 6.66. The highest BCUT2D eigenvalue weighted by molar-refractivity contribution is 7.15. The van der Waals surface area contributed by atoms with Gasteiger partial charge in [-0.15, -0.1) is 11.3 Å². The van der Waals surface area contributed by atoms with Crippen LogP contribution in [0.1, 0.15) is 49.2 Å². The van der Waals surface area contributed by atoms with Gasteiger partial charge in [0, 0.05) is 10.9 Å². The second-order valence-electron chi connectivity index (χ2n) is 7.11. The Morgan fingerprint density at radius 1 is 1.36 bits per heavy atom. The molecule has 1 aromatic heterocycles. The molecule has 1 aliphatic rings.